The van der Waals surface area contributed by atoms with Crippen molar-refractivity contribution in [3.05, 3.63) is 169 Å². The molecule has 12 rings (SSSR count). The van der Waals surface area contributed by atoms with Crippen LogP contribution in [0.5, 0.6) is 0 Å². The molecule has 0 fully saturated rings. The topological polar surface area (TPSA) is 53.5 Å². The number of rotatable bonds is 3. The van der Waals surface area contributed by atoms with Crippen molar-refractivity contribution < 1.29 is 0 Å². The molecule has 1 aliphatic carbocycles. The van der Waals surface area contributed by atoms with Crippen molar-refractivity contribution in [2.24, 2.45) is 0 Å². The van der Waals surface area contributed by atoms with Crippen molar-refractivity contribution in [3.63, 3.8) is 0 Å². The Balaban J connectivity index is 1.24. The van der Waals surface area contributed by atoms with Crippen molar-refractivity contribution in [3.8, 4) is 29.0 Å². The first-order valence-electron chi connectivity index (χ1n) is 18.5. The van der Waals surface area contributed by atoms with Gasteiger partial charge in [0.2, 0.25) is 17.8 Å². The van der Waals surface area contributed by atoms with Gasteiger partial charge in [0, 0.05) is 37.7 Å². The summed E-state index contributed by atoms with van der Waals surface area (Å²) in [4.78, 5) is 16.3. The molecule has 0 unspecified atom stereocenters. The van der Waals surface area contributed by atoms with E-state index < -0.39 is 0 Å². The van der Waals surface area contributed by atoms with Crippen LogP contribution in [0.4, 0.5) is 0 Å². The van der Waals surface area contributed by atoms with Gasteiger partial charge in [-0.15, -0.1) is 0 Å². The average molecular weight is 693 g/mol. The molecule has 6 heteroatoms. The fourth-order valence-electron chi connectivity index (χ4n) is 9.47. The molecule has 0 saturated carbocycles. The molecule has 0 amide bonds. The zero-order chi connectivity index (χ0) is 35.7. The molecule has 11 aromatic rings. The highest BCUT2D eigenvalue weighted by atomic mass is 15.3. The van der Waals surface area contributed by atoms with Crippen LogP contribution in [-0.4, -0.2) is 28.7 Å². The minimum atomic E-state index is -0.193. The molecule has 6 nitrogen and oxygen atoms in total. The Morgan fingerprint density at radius 2 is 0.722 bits per heavy atom. The lowest BCUT2D eigenvalue weighted by Crippen LogP contribution is -2.15. The number of benzene rings is 7. The molecule has 0 spiro atoms. The smallest absolute Gasteiger partial charge is 0.241 e. The standard InChI is InChI=1S/C48H32N6/c1-48(2)36-21-9-3-15-29(36)34-27-28-42-43(44(34)48)35-20-8-14-26-41(35)54(42)47-50-45(52-37-22-10-4-16-30(37)31-17-5-11-23-38(31)52)49-46(51-47)53-39-24-12-6-18-32(39)33-19-7-13-25-40(33)53/h3-28H,1-2H3. The summed E-state index contributed by atoms with van der Waals surface area (Å²) in [5, 5.41) is 7.04. The number of hydrogen-bond donors (Lipinski definition) is 0. The second-order valence-corrected chi connectivity index (χ2v) is 14.9. The Morgan fingerprint density at radius 3 is 1.20 bits per heavy atom. The van der Waals surface area contributed by atoms with Gasteiger partial charge in [0.05, 0.1) is 33.1 Å². The summed E-state index contributed by atoms with van der Waals surface area (Å²) in [5.74, 6) is 1.70. The van der Waals surface area contributed by atoms with Crippen molar-refractivity contribution in [2.75, 3.05) is 0 Å². The predicted octanol–water partition coefficient (Wildman–Crippen LogP) is 11.5. The van der Waals surface area contributed by atoms with Crippen molar-refractivity contribution in [1.29, 1.82) is 0 Å². The van der Waals surface area contributed by atoms with E-state index in [9.17, 15) is 0 Å². The molecule has 54 heavy (non-hydrogen) atoms. The van der Waals surface area contributed by atoms with E-state index >= 15 is 0 Å². The summed E-state index contributed by atoms with van der Waals surface area (Å²) in [6.07, 6.45) is 0. The molecule has 254 valence electrons. The fourth-order valence-corrected chi connectivity index (χ4v) is 9.47. The van der Waals surface area contributed by atoms with Crippen LogP contribution in [0.15, 0.2) is 158 Å². The lowest BCUT2D eigenvalue weighted by Gasteiger charge is -2.22. The molecule has 7 aromatic carbocycles. The number of nitrogens with zero attached hydrogens (tertiary/aromatic N) is 6. The zero-order valence-corrected chi connectivity index (χ0v) is 29.7. The van der Waals surface area contributed by atoms with E-state index in [0.29, 0.717) is 17.8 Å². The second kappa shape index (κ2) is 10.5. The highest BCUT2D eigenvalue weighted by Gasteiger charge is 2.38. The molecule has 0 saturated heterocycles. The van der Waals surface area contributed by atoms with Crippen LogP contribution in [-0.2, 0) is 5.41 Å². The Kier molecular flexibility index (Phi) is 5.75. The summed E-state index contributed by atoms with van der Waals surface area (Å²) in [5.41, 5.74) is 11.4. The minimum Gasteiger partial charge on any atom is -0.278 e. The van der Waals surface area contributed by atoms with Crippen LogP contribution in [0.3, 0.4) is 0 Å². The summed E-state index contributed by atoms with van der Waals surface area (Å²) in [7, 11) is 0. The molecule has 0 radical (unpaired) electrons. The molecule has 0 atom stereocenters. The van der Waals surface area contributed by atoms with Crippen LogP contribution < -0.4 is 0 Å². The Labute approximate surface area is 310 Å². The fraction of sp³-hybridized carbons (Fsp3) is 0.0625. The zero-order valence-electron chi connectivity index (χ0n) is 29.7. The first-order valence-corrected chi connectivity index (χ1v) is 18.5. The SMILES string of the molecule is CC1(C)c2ccccc2-c2ccc3c(c21)c1ccccc1n3-c1nc(-n2c3ccccc3c3ccccc32)nc(-n2c3ccccc3c3ccccc32)n1. The molecular formula is C48H32N6. The Hall–Kier alpha value is -7.05. The maximum absolute atomic E-state index is 5.45. The summed E-state index contributed by atoms with van der Waals surface area (Å²) in [6, 6.07) is 56.1. The number of hydrogen-bond acceptors (Lipinski definition) is 3. The molecule has 0 N–H and O–H groups in total. The van der Waals surface area contributed by atoms with Gasteiger partial charge in [-0.1, -0.05) is 135 Å². The molecular weight excluding hydrogens is 661 g/mol. The largest absolute Gasteiger partial charge is 0.278 e. The third-order valence-electron chi connectivity index (χ3n) is 11.7. The van der Waals surface area contributed by atoms with Gasteiger partial charge in [-0.2, -0.15) is 15.0 Å². The normalized spacial score (nSPS) is 13.5. The molecule has 4 heterocycles. The number of para-hydroxylation sites is 5. The van der Waals surface area contributed by atoms with Crippen LogP contribution in [0.2, 0.25) is 0 Å². The van der Waals surface area contributed by atoms with Gasteiger partial charge in [-0.25, -0.2) is 0 Å². The van der Waals surface area contributed by atoms with E-state index in [1.54, 1.807) is 0 Å². The monoisotopic (exact) mass is 692 g/mol. The van der Waals surface area contributed by atoms with Crippen LogP contribution >= 0.6 is 0 Å². The highest BCUT2D eigenvalue weighted by Crippen LogP contribution is 2.53. The maximum Gasteiger partial charge on any atom is 0.241 e. The quantitative estimate of drug-likeness (QED) is 0.185. The predicted molar refractivity (Wildman–Crippen MR) is 220 cm³/mol. The molecule has 0 bridgehead atoms. The average Bonchev–Trinajstić information content (AvgIpc) is 3.91. The van der Waals surface area contributed by atoms with Gasteiger partial charge in [-0.05, 0) is 58.7 Å². The lowest BCUT2D eigenvalue weighted by atomic mass is 9.80. The summed E-state index contributed by atoms with van der Waals surface area (Å²) >= 11 is 0. The number of aromatic nitrogens is 6. The highest BCUT2D eigenvalue weighted by molar-refractivity contribution is 6.14. The summed E-state index contributed by atoms with van der Waals surface area (Å²) < 4.78 is 6.64. The Bertz CT molecular complexity index is 3140. The third kappa shape index (κ3) is 3.76. The van der Waals surface area contributed by atoms with Gasteiger partial charge >= 0.3 is 0 Å². The van der Waals surface area contributed by atoms with Gasteiger partial charge in [-0.3, -0.25) is 13.7 Å². The Morgan fingerprint density at radius 1 is 0.352 bits per heavy atom. The second-order valence-electron chi connectivity index (χ2n) is 14.9. The maximum atomic E-state index is 5.45. The van der Waals surface area contributed by atoms with E-state index in [1.807, 2.05) is 0 Å². The van der Waals surface area contributed by atoms with Crippen molar-refractivity contribution >= 4 is 65.4 Å². The van der Waals surface area contributed by atoms with Crippen LogP contribution in [0.25, 0.3) is 94.4 Å². The van der Waals surface area contributed by atoms with E-state index in [-0.39, 0.29) is 5.41 Å². The van der Waals surface area contributed by atoms with Crippen LogP contribution in [0.1, 0.15) is 25.0 Å². The summed E-state index contributed by atoms with van der Waals surface area (Å²) in [6.45, 7) is 4.71. The lowest BCUT2D eigenvalue weighted by molar-refractivity contribution is 0.666. The first-order chi connectivity index (χ1) is 26.6. The van der Waals surface area contributed by atoms with Crippen LogP contribution in [0, 0.1) is 0 Å². The van der Waals surface area contributed by atoms with E-state index in [2.05, 4.69) is 185 Å². The van der Waals surface area contributed by atoms with E-state index in [4.69, 9.17) is 15.0 Å². The molecule has 0 aliphatic heterocycles. The van der Waals surface area contributed by atoms with Crippen molar-refractivity contribution in [2.45, 2.75) is 19.3 Å². The third-order valence-corrected chi connectivity index (χ3v) is 11.7. The van der Waals surface area contributed by atoms with Gasteiger partial charge in [0.25, 0.3) is 0 Å². The van der Waals surface area contributed by atoms with Gasteiger partial charge < -0.3 is 0 Å². The van der Waals surface area contributed by atoms with E-state index in [1.165, 1.54) is 33.0 Å². The van der Waals surface area contributed by atoms with Gasteiger partial charge in [0.15, 0.2) is 0 Å². The van der Waals surface area contributed by atoms with Gasteiger partial charge in [0.1, 0.15) is 0 Å². The molecule has 1 aliphatic rings. The van der Waals surface area contributed by atoms with E-state index in [0.717, 1.165) is 54.6 Å². The minimum absolute atomic E-state index is 0.193. The van der Waals surface area contributed by atoms with Crippen molar-refractivity contribution in [1.82, 2.24) is 28.7 Å². The molecule has 4 aromatic heterocycles. The first kappa shape index (κ1) is 29.5. The number of fused-ring (bicyclic) bond motifs is 13.